The summed E-state index contributed by atoms with van der Waals surface area (Å²) in [5, 5.41) is 11.4. The summed E-state index contributed by atoms with van der Waals surface area (Å²) in [5.74, 6) is -1.86. The third-order valence-corrected chi connectivity index (χ3v) is 2.81. The largest absolute Gasteiger partial charge is 0.480 e. The normalized spacial score (nSPS) is 12.3. The number of aliphatic carboxylic acids is 1. The van der Waals surface area contributed by atoms with Crippen LogP contribution in [-0.4, -0.2) is 41.3 Å². The molecule has 4 N–H and O–H groups in total. The second kappa shape index (κ2) is 8.30. The van der Waals surface area contributed by atoms with Gasteiger partial charge >= 0.3 is 12.1 Å². The van der Waals surface area contributed by atoms with Crippen LogP contribution in [0.25, 0.3) is 0 Å². The van der Waals surface area contributed by atoms with Crippen molar-refractivity contribution in [3.8, 4) is 0 Å². The molecule has 1 aromatic rings. The minimum Gasteiger partial charge on any atom is -0.480 e. The van der Waals surface area contributed by atoms with Gasteiger partial charge in [-0.2, -0.15) is 0 Å². The van der Waals surface area contributed by atoms with E-state index in [0.717, 1.165) is 0 Å². The molecule has 0 aromatic heterocycles. The molecule has 0 radical (unpaired) electrons. The van der Waals surface area contributed by atoms with Gasteiger partial charge < -0.3 is 25.6 Å². The predicted octanol–water partition coefficient (Wildman–Crippen LogP) is 1.28. The van der Waals surface area contributed by atoms with Crippen molar-refractivity contribution >= 4 is 18.0 Å². The van der Waals surface area contributed by atoms with Crippen LogP contribution in [0.4, 0.5) is 4.79 Å². The maximum absolute atomic E-state index is 11.6. The topological polar surface area (TPSA) is 128 Å². The summed E-state index contributed by atoms with van der Waals surface area (Å²) < 4.78 is 10.3. The number of primary amides is 1. The molecule has 24 heavy (non-hydrogen) atoms. The Labute approximate surface area is 139 Å². The minimum absolute atomic E-state index is 0.0150. The number of carboxylic acid groups (broad SMARTS) is 1. The Balaban J connectivity index is 2.61. The zero-order valence-electron chi connectivity index (χ0n) is 13.9. The molecular weight excluding hydrogens is 316 g/mol. The standard InChI is InChI=1S/C16H22N2O6/c1-16(2,3)24-15(22)18-12(14(20)21)9-23-8-10-6-4-5-7-11(10)13(17)19/h4-7,12H,8-9H2,1-3H3,(H2,17,19)(H,18,22)(H,20,21)/t12-/m1/s1. The van der Waals surface area contributed by atoms with E-state index in [0.29, 0.717) is 11.1 Å². The Hall–Kier alpha value is -2.61. The van der Waals surface area contributed by atoms with Crippen LogP contribution < -0.4 is 11.1 Å². The third kappa shape index (κ3) is 6.66. The molecule has 0 heterocycles. The fourth-order valence-electron chi connectivity index (χ4n) is 1.80. The summed E-state index contributed by atoms with van der Waals surface area (Å²) in [6, 6.07) is 5.29. The summed E-state index contributed by atoms with van der Waals surface area (Å²) >= 11 is 0. The molecule has 0 aliphatic heterocycles. The van der Waals surface area contributed by atoms with Gasteiger partial charge in [0, 0.05) is 5.56 Å². The fourth-order valence-corrected chi connectivity index (χ4v) is 1.80. The number of amides is 2. The van der Waals surface area contributed by atoms with Crippen molar-refractivity contribution in [2.24, 2.45) is 5.73 Å². The van der Waals surface area contributed by atoms with Crippen molar-refractivity contribution < 1.29 is 29.0 Å². The maximum atomic E-state index is 11.6. The van der Waals surface area contributed by atoms with Crippen molar-refractivity contribution in [2.45, 2.75) is 39.0 Å². The van der Waals surface area contributed by atoms with Crippen molar-refractivity contribution in [1.82, 2.24) is 5.32 Å². The molecule has 1 atom stereocenters. The monoisotopic (exact) mass is 338 g/mol. The molecule has 0 fully saturated rings. The molecule has 1 rings (SSSR count). The molecule has 0 saturated carbocycles. The van der Waals surface area contributed by atoms with Crippen LogP contribution in [0.15, 0.2) is 24.3 Å². The number of carbonyl (C=O) groups excluding carboxylic acids is 2. The van der Waals surface area contributed by atoms with Crippen molar-refractivity contribution in [2.75, 3.05) is 6.61 Å². The third-order valence-electron chi connectivity index (χ3n) is 2.81. The van der Waals surface area contributed by atoms with E-state index in [1.165, 1.54) is 0 Å². The summed E-state index contributed by atoms with van der Waals surface area (Å²) in [6.45, 7) is 4.69. The highest BCUT2D eigenvalue weighted by Crippen LogP contribution is 2.10. The molecule has 0 aliphatic carbocycles. The van der Waals surface area contributed by atoms with Gasteiger partial charge in [0.1, 0.15) is 5.60 Å². The van der Waals surface area contributed by atoms with Crippen LogP contribution in [0, 0.1) is 0 Å². The first-order valence-corrected chi connectivity index (χ1v) is 7.28. The van der Waals surface area contributed by atoms with E-state index in [9.17, 15) is 14.4 Å². The summed E-state index contributed by atoms with van der Waals surface area (Å²) in [7, 11) is 0. The first-order valence-electron chi connectivity index (χ1n) is 7.28. The van der Waals surface area contributed by atoms with Crippen LogP contribution in [0.3, 0.4) is 0 Å². The molecule has 1 aromatic carbocycles. The lowest BCUT2D eigenvalue weighted by Crippen LogP contribution is -2.46. The van der Waals surface area contributed by atoms with E-state index < -0.39 is 29.6 Å². The molecule has 0 aliphatic rings. The Bertz CT molecular complexity index is 609. The van der Waals surface area contributed by atoms with E-state index in [1.54, 1.807) is 45.0 Å². The van der Waals surface area contributed by atoms with E-state index >= 15 is 0 Å². The van der Waals surface area contributed by atoms with Gasteiger partial charge in [-0.15, -0.1) is 0 Å². The van der Waals surface area contributed by atoms with Crippen LogP contribution in [-0.2, 0) is 20.9 Å². The molecule has 0 unspecified atom stereocenters. The first-order chi connectivity index (χ1) is 11.1. The number of rotatable bonds is 7. The van der Waals surface area contributed by atoms with Gasteiger partial charge in [0.25, 0.3) is 0 Å². The van der Waals surface area contributed by atoms with Gasteiger partial charge in [-0.05, 0) is 32.4 Å². The van der Waals surface area contributed by atoms with Crippen LogP contribution in [0.1, 0.15) is 36.7 Å². The first kappa shape index (κ1) is 19.4. The van der Waals surface area contributed by atoms with Gasteiger partial charge in [0.15, 0.2) is 6.04 Å². The quantitative estimate of drug-likeness (QED) is 0.687. The average molecular weight is 338 g/mol. The summed E-state index contributed by atoms with van der Waals surface area (Å²) in [5.41, 5.74) is 5.34. The number of hydrogen-bond acceptors (Lipinski definition) is 5. The lowest BCUT2D eigenvalue weighted by molar-refractivity contribution is -0.141. The highest BCUT2D eigenvalue weighted by molar-refractivity contribution is 5.94. The number of alkyl carbamates (subject to hydrolysis) is 1. The van der Waals surface area contributed by atoms with E-state index in [-0.39, 0.29) is 13.2 Å². The van der Waals surface area contributed by atoms with Crippen LogP contribution in [0.5, 0.6) is 0 Å². The zero-order chi connectivity index (χ0) is 18.3. The molecular formula is C16H22N2O6. The minimum atomic E-state index is -1.28. The molecule has 0 bridgehead atoms. The number of ether oxygens (including phenoxy) is 2. The molecule has 132 valence electrons. The lowest BCUT2D eigenvalue weighted by Gasteiger charge is -2.22. The Morgan fingerprint density at radius 2 is 1.88 bits per heavy atom. The van der Waals surface area contributed by atoms with Gasteiger partial charge in [0.05, 0.1) is 13.2 Å². The number of benzene rings is 1. The van der Waals surface area contributed by atoms with Gasteiger partial charge in [-0.1, -0.05) is 18.2 Å². The lowest BCUT2D eigenvalue weighted by atomic mass is 10.1. The molecule has 8 nitrogen and oxygen atoms in total. The summed E-state index contributed by atoms with van der Waals surface area (Å²) in [6.07, 6.45) is -0.851. The Morgan fingerprint density at radius 3 is 2.42 bits per heavy atom. The highest BCUT2D eigenvalue weighted by Gasteiger charge is 2.24. The van der Waals surface area contributed by atoms with E-state index in [4.69, 9.17) is 20.3 Å². The smallest absolute Gasteiger partial charge is 0.408 e. The zero-order valence-corrected chi connectivity index (χ0v) is 13.9. The van der Waals surface area contributed by atoms with Crippen LogP contribution in [0.2, 0.25) is 0 Å². The van der Waals surface area contributed by atoms with E-state index in [2.05, 4.69) is 5.32 Å². The summed E-state index contributed by atoms with van der Waals surface area (Å²) in [4.78, 5) is 34.1. The van der Waals surface area contributed by atoms with Crippen LogP contribution >= 0.6 is 0 Å². The van der Waals surface area contributed by atoms with Crippen molar-refractivity contribution in [3.05, 3.63) is 35.4 Å². The molecule has 0 saturated heterocycles. The number of carboxylic acids is 1. The second-order valence-electron chi connectivity index (χ2n) is 6.07. The molecule has 8 heteroatoms. The predicted molar refractivity (Wildman–Crippen MR) is 85.4 cm³/mol. The van der Waals surface area contributed by atoms with Gasteiger partial charge in [0.2, 0.25) is 5.91 Å². The fraction of sp³-hybridized carbons (Fsp3) is 0.438. The number of carbonyl (C=O) groups is 3. The SMILES string of the molecule is CC(C)(C)OC(=O)N[C@H](COCc1ccccc1C(N)=O)C(=O)O. The van der Waals surface area contributed by atoms with Crippen molar-refractivity contribution in [3.63, 3.8) is 0 Å². The van der Waals surface area contributed by atoms with Gasteiger partial charge in [-0.3, -0.25) is 4.79 Å². The molecule has 0 spiro atoms. The number of hydrogen-bond donors (Lipinski definition) is 3. The number of nitrogens with two attached hydrogens (primary N) is 1. The second-order valence-corrected chi connectivity index (χ2v) is 6.07. The van der Waals surface area contributed by atoms with Crippen molar-refractivity contribution in [1.29, 1.82) is 0 Å². The molecule has 2 amide bonds. The van der Waals surface area contributed by atoms with E-state index in [1.807, 2.05) is 0 Å². The highest BCUT2D eigenvalue weighted by atomic mass is 16.6. The maximum Gasteiger partial charge on any atom is 0.408 e. The van der Waals surface area contributed by atoms with Gasteiger partial charge in [-0.25, -0.2) is 9.59 Å². The average Bonchev–Trinajstić information content (AvgIpc) is 2.44. The Morgan fingerprint density at radius 1 is 1.25 bits per heavy atom. The number of nitrogens with one attached hydrogen (secondary N) is 1. The Kier molecular flexibility index (Phi) is 6.72.